The number of aromatic nitrogens is 3. The van der Waals surface area contributed by atoms with Gasteiger partial charge < -0.3 is 30.0 Å². The molecule has 41 heavy (non-hydrogen) atoms. The molecule has 218 valence electrons. The van der Waals surface area contributed by atoms with Gasteiger partial charge >= 0.3 is 17.8 Å². The maximum absolute atomic E-state index is 12.8. The number of aromatic amines is 1. The van der Waals surface area contributed by atoms with Crippen LogP contribution in [-0.2, 0) is 27.5 Å². The van der Waals surface area contributed by atoms with Crippen LogP contribution in [-0.4, -0.2) is 64.9 Å². The summed E-state index contributed by atoms with van der Waals surface area (Å²) >= 11 is 0. The Labute approximate surface area is 237 Å². The molecule has 3 N–H and O–H groups in total. The Bertz CT molecular complexity index is 1400. The number of carbonyl (C=O) groups excluding carboxylic acids is 2. The molecule has 1 aliphatic rings. The zero-order valence-corrected chi connectivity index (χ0v) is 23.2. The number of alkyl carbamates (subject to hydrolysis) is 1. The molecule has 2 aromatic heterocycles. The highest BCUT2D eigenvalue weighted by Gasteiger charge is 2.27. The van der Waals surface area contributed by atoms with Crippen LogP contribution >= 0.6 is 0 Å². The molecule has 0 radical (unpaired) electrons. The minimum atomic E-state index is -1.36. The lowest BCUT2D eigenvalue weighted by molar-refractivity contribution is -0.373. The lowest BCUT2D eigenvalue weighted by Gasteiger charge is -2.32. The zero-order chi connectivity index (χ0) is 29.9. The van der Waals surface area contributed by atoms with Gasteiger partial charge in [0, 0.05) is 23.8 Å². The summed E-state index contributed by atoms with van der Waals surface area (Å²) in [6.07, 6.45) is 0.701. The molecule has 1 amide bonds. The second-order valence-electron chi connectivity index (χ2n) is 9.46. The van der Waals surface area contributed by atoms with E-state index in [2.05, 4.69) is 25.1 Å². The summed E-state index contributed by atoms with van der Waals surface area (Å²) in [7, 11) is 0. The summed E-state index contributed by atoms with van der Waals surface area (Å²) in [6, 6.07) is 13.8. The van der Waals surface area contributed by atoms with Crippen LogP contribution in [0, 0.1) is 13.8 Å². The number of hydrogen-bond acceptors (Lipinski definition) is 9. The summed E-state index contributed by atoms with van der Waals surface area (Å²) in [6.45, 7) is 7.44. The zero-order valence-electron chi connectivity index (χ0n) is 23.2. The highest BCUT2D eigenvalue weighted by molar-refractivity contribution is 5.79. The Morgan fingerprint density at radius 2 is 1.68 bits per heavy atom. The van der Waals surface area contributed by atoms with Crippen LogP contribution < -0.4 is 30.9 Å². The van der Waals surface area contributed by atoms with Crippen molar-refractivity contribution >= 4 is 29.7 Å². The van der Waals surface area contributed by atoms with Crippen molar-refractivity contribution in [2.75, 3.05) is 36.0 Å². The fourth-order valence-corrected chi connectivity index (χ4v) is 4.24. The highest BCUT2D eigenvalue weighted by atomic mass is 16.5. The minimum absolute atomic E-state index is 0.00347. The minimum Gasteiger partial charge on any atom is -0.550 e. The molecule has 0 unspecified atom stereocenters. The number of nitrogens with zero attached hydrogens (tertiary/aromatic N) is 4. The molecule has 1 atom stereocenters. The Balaban J connectivity index is 0.00000108. The summed E-state index contributed by atoms with van der Waals surface area (Å²) < 4.78 is 6.32. The second kappa shape index (κ2) is 14.4. The molecule has 0 saturated carbocycles. The summed E-state index contributed by atoms with van der Waals surface area (Å²) in [5.74, 6) is -0.736. The number of carbonyl (C=O) groups is 3. The van der Waals surface area contributed by atoms with Gasteiger partial charge in [0.25, 0.3) is 5.82 Å². The Morgan fingerprint density at radius 1 is 1.05 bits per heavy atom. The van der Waals surface area contributed by atoms with Crippen molar-refractivity contribution in [1.82, 2.24) is 14.9 Å². The standard InChI is InChI=1S/C26H30N6O5.C2H4O2/c1-18-15-32(16-21(24(33)34)28-26(36)37-17-20-8-4-3-5-9-20)25(35)29-23(18)31-13-11-30(12-14-31)22-10-6-7-19(2)27-22;1-2(3)4/h3-10,15,21H,11-14,16-17H2,1-2H3,(H,28,36)(H,33,34);1H3,(H,3,4)/t21-;/m0./s1. The van der Waals surface area contributed by atoms with Gasteiger partial charge in [0.05, 0.1) is 25.3 Å². The fraction of sp³-hybridized carbons (Fsp3) is 0.357. The fourth-order valence-electron chi connectivity index (χ4n) is 4.24. The van der Waals surface area contributed by atoms with Crippen LogP contribution in [0.15, 0.2) is 59.5 Å². The summed E-state index contributed by atoms with van der Waals surface area (Å²) in [4.78, 5) is 57.5. The van der Waals surface area contributed by atoms with Crippen molar-refractivity contribution in [3.63, 3.8) is 0 Å². The van der Waals surface area contributed by atoms with Crippen molar-refractivity contribution in [3.05, 3.63) is 82.0 Å². The van der Waals surface area contributed by atoms with Gasteiger partial charge in [-0.3, -0.25) is 9.47 Å². The van der Waals surface area contributed by atoms with E-state index in [1.54, 1.807) is 18.3 Å². The van der Waals surface area contributed by atoms with Crippen molar-refractivity contribution in [2.45, 2.75) is 40.0 Å². The van der Waals surface area contributed by atoms with Gasteiger partial charge in [-0.15, -0.1) is 0 Å². The number of carboxylic acids is 2. The summed E-state index contributed by atoms with van der Waals surface area (Å²) in [5, 5.41) is 20.8. The Kier molecular flexibility index (Phi) is 10.8. The third-order valence-electron chi connectivity index (χ3n) is 6.18. The number of piperazine rings is 1. The van der Waals surface area contributed by atoms with Gasteiger partial charge in [0.15, 0.2) is 0 Å². The Hall–Kier alpha value is -4.94. The SMILES string of the molecule is CC(=O)[O-].Cc1cccc(N2CCN(c3nc(=O)n(C[C@H](NC(=O)OCc4ccccc4)C(=O)O)cc3C)CC2)[nH+]1. The molecule has 0 aliphatic carbocycles. The van der Waals surface area contributed by atoms with Crippen LogP contribution in [0.25, 0.3) is 0 Å². The summed E-state index contributed by atoms with van der Waals surface area (Å²) in [5.41, 5.74) is 2.01. The van der Waals surface area contributed by atoms with Crippen molar-refractivity contribution in [3.8, 4) is 0 Å². The number of hydrogen-bond donors (Lipinski definition) is 2. The number of aryl methyl sites for hydroxylation is 2. The Morgan fingerprint density at radius 3 is 2.29 bits per heavy atom. The van der Waals surface area contributed by atoms with E-state index in [4.69, 9.17) is 14.6 Å². The maximum atomic E-state index is 12.8. The average Bonchev–Trinajstić information content (AvgIpc) is 2.93. The first-order valence-corrected chi connectivity index (χ1v) is 13.0. The molecule has 1 aromatic carbocycles. The van der Waals surface area contributed by atoms with Crippen molar-refractivity contribution in [1.29, 1.82) is 0 Å². The van der Waals surface area contributed by atoms with E-state index in [0.29, 0.717) is 18.9 Å². The van der Waals surface area contributed by atoms with E-state index in [1.807, 2.05) is 50.2 Å². The van der Waals surface area contributed by atoms with E-state index < -0.39 is 29.8 Å². The number of benzene rings is 1. The van der Waals surface area contributed by atoms with E-state index in [9.17, 15) is 19.5 Å². The van der Waals surface area contributed by atoms with Crippen LogP contribution in [0.5, 0.6) is 0 Å². The molecule has 4 rings (SSSR count). The first-order valence-electron chi connectivity index (χ1n) is 13.0. The van der Waals surface area contributed by atoms with E-state index >= 15 is 0 Å². The number of amides is 1. The van der Waals surface area contributed by atoms with Crippen LogP contribution in [0.2, 0.25) is 0 Å². The van der Waals surface area contributed by atoms with Crippen LogP contribution in [0.1, 0.15) is 23.7 Å². The lowest BCUT2D eigenvalue weighted by Crippen LogP contribution is -2.49. The van der Waals surface area contributed by atoms with Crippen molar-refractivity contribution < 1.29 is 34.3 Å². The smallest absolute Gasteiger partial charge is 0.408 e. The number of pyridine rings is 1. The second-order valence-corrected chi connectivity index (χ2v) is 9.46. The number of H-pyrrole nitrogens is 1. The largest absolute Gasteiger partial charge is 0.550 e. The van der Waals surface area contributed by atoms with E-state index in [1.165, 1.54) is 4.57 Å². The molecule has 3 heterocycles. The average molecular weight is 567 g/mol. The molecule has 3 aromatic rings. The number of rotatable bonds is 8. The monoisotopic (exact) mass is 566 g/mol. The van der Waals surface area contributed by atoms with Gasteiger partial charge in [-0.1, -0.05) is 36.4 Å². The van der Waals surface area contributed by atoms with E-state index in [-0.39, 0.29) is 13.2 Å². The number of nitrogens with one attached hydrogen (secondary N) is 2. The number of ether oxygens (including phenoxy) is 1. The third-order valence-corrected chi connectivity index (χ3v) is 6.18. The van der Waals surface area contributed by atoms with Gasteiger partial charge in [-0.05, 0) is 32.4 Å². The number of aliphatic carboxylic acids is 2. The predicted octanol–water partition coefficient (Wildman–Crippen LogP) is 0.137. The normalized spacial score (nSPS) is 13.4. The highest BCUT2D eigenvalue weighted by Crippen LogP contribution is 2.19. The predicted molar refractivity (Wildman–Crippen MR) is 147 cm³/mol. The molecule has 0 spiro atoms. The molecule has 13 nitrogen and oxygen atoms in total. The van der Waals surface area contributed by atoms with Gasteiger partial charge in [-0.25, -0.2) is 19.4 Å². The number of carboxylic acid groups (broad SMARTS) is 2. The van der Waals surface area contributed by atoms with Gasteiger partial charge in [-0.2, -0.15) is 4.98 Å². The molecule has 1 aliphatic heterocycles. The van der Waals surface area contributed by atoms with Crippen molar-refractivity contribution in [2.24, 2.45) is 0 Å². The van der Waals surface area contributed by atoms with Gasteiger partial charge in [0.2, 0.25) is 0 Å². The topological polar surface area (TPSA) is 171 Å². The number of anilines is 2. The first-order chi connectivity index (χ1) is 19.5. The molecular formula is C28H34N6O7. The molecule has 13 heteroatoms. The molecule has 1 saturated heterocycles. The van der Waals surface area contributed by atoms with Crippen LogP contribution in [0.4, 0.5) is 16.4 Å². The third kappa shape index (κ3) is 9.34. The quantitative estimate of drug-likeness (QED) is 0.382. The van der Waals surface area contributed by atoms with Gasteiger partial charge in [0.1, 0.15) is 31.6 Å². The molecule has 1 fully saturated rings. The first kappa shape index (κ1) is 30.6. The molecule has 0 bridgehead atoms. The maximum Gasteiger partial charge on any atom is 0.408 e. The lowest BCUT2D eigenvalue weighted by atomic mass is 10.2. The molecular weight excluding hydrogens is 532 g/mol. The van der Waals surface area contributed by atoms with E-state index in [0.717, 1.165) is 42.7 Å². The van der Waals surface area contributed by atoms with Crippen LogP contribution in [0.3, 0.4) is 0 Å².